The third-order valence-corrected chi connectivity index (χ3v) is 2.43. The minimum absolute atomic E-state index is 0.446. The molecule has 16 heavy (non-hydrogen) atoms. The third-order valence-electron chi connectivity index (χ3n) is 2.43. The Hall–Kier alpha value is -2.02. The number of nitrogens with zero attached hydrogens (tertiary/aromatic N) is 4. The average molecular weight is 222 g/mol. The fourth-order valence-corrected chi connectivity index (χ4v) is 1.40. The predicted octanol–water partition coefficient (Wildman–Crippen LogP) is 0.428. The van der Waals surface area contributed by atoms with E-state index in [-0.39, 0.29) is 0 Å². The van der Waals surface area contributed by atoms with Gasteiger partial charge in [0.15, 0.2) is 5.65 Å². The fourth-order valence-electron chi connectivity index (χ4n) is 1.40. The number of pyridine rings is 1. The highest BCUT2D eigenvalue weighted by atomic mass is 16.6. The molecular formula is C9H10N4O3. The molecule has 0 bridgehead atoms. The van der Waals surface area contributed by atoms with Crippen LogP contribution in [0.2, 0.25) is 0 Å². The van der Waals surface area contributed by atoms with Crippen LogP contribution in [-0.2, 0) is 0 Å². The number of aliphatic hydroxyl groups is 1. The van der Waals surface area contributed by atoms with Crippen molar-refractivity contribution in [2.45, 2.75) is 19.1 Å². The van der Waals surface area contributed by atoms with Crippen molar-refractivity contribution in [3.8, 4) is 0 Å². The van der Waals surface area contributed by atoms with Crippen LogP contribution in [0.3, 0.4) is 0 Å². The molecule has 7 nitrogen and oxygen atoms in total. The first-order chi connectivity index (χ1) is 7.59. The first kappa shape index (κ1) is 10.5. The predicted molar refractivity (Wildman–Crippen MR) is 54.4 cm³/mol. The summed E-state index contributed by atoms with van der Waals surface area (Å²) in [5.41, 5.74) is 1.08. The summed E-state index contributed by atoms with van der Waals surface area (Å²) in [6.07, 6.45) is 1.76. The number of hydrogen-bond acceptors (Lipinski definition) is 5. The second-order valence-electron chi connectivity index (χ2n) is 3.50. The maximum absolute atomic E-state index is 10.5. The van der Waals surface area contributed by atoms with E-state index in [1.54, 1.807) is 12.1 Å². The first-order valence-electron chi connectivity index (χ1n) is 4.70. The molecule has 2 rings (SSSR count). The van der Waals surface area contributed by atoms with E-state index in [0.717, 1.165) is 0 Å². The van der Waals surface area contributed by atoms with Crippen LogP contribution in [0, 0.1) is 10.1 Å². The molecule has 84 valence electrons. The monoisotopic (exact) mass is 222 g/mol. The molecule has 0 saturated heterocycles. The van der Waals surface area contributed by atoms with Gasteiger partial charge in [-0.15, -0.1) is 0 Å². The second-order valence-corrected chi connectivity index (χ2v) is 3.50. The quantitative estimate of drug-likeness (QED) is 0.600. The van der Waals surface area contributed by atoms with Gasteiger partial charge in [-0.05, 0) is 6.07 Å². The number of hydrogen-bond donors (Lipinski definition) is 1. The van der Waals surface area contributed by atoms with Crippen molar-refractivity contribution in [1.82, 2.24) is 14.6 Å². The molecule has 0 aliphatic carbocycles. The van der Waals surface area contributed by atoms with Gasteiger partial charge in [0.1, 0.15) is 12.4 Å². The van der Waals surface area contributed by atoms with Gasteiger partial charge < -0.3 is 5.11 Å². The average Bonchev–Trinajstić information content (AvgIpc) is 2.73. The normalized spacial score (nSPS) is 14.9. The van der Waals surface area contributed by atoms with Crippen LogP contribution in [0.15, 0.2) is 24.7 Å². The Morgan fingerprint density at radius 1 is 1.56 bits per heavy atom. The molecule has 0 aliphatic heterocycles. The van der Waals surface area contributed by atoms with Gasteiger partial charge in [-0.25, -0.2) is 9.50 Å². The van der Waals surface area contributed by atoms with Crippen LogP contribution in [0.25, 0.3) is 5.65 Å². The number of aromatic nitrogens is 3. The molecule has 2 aromatic rings. The highest BCUT2D eigenvalue weighted by Crippen LogP contribution is 2.18. The lowest BCUT2D eigenvalue weighted by Gasteiger charge is -2.12. The highest BCUT2D eigenvalue weighted by molar-refractivity contribution is 5.37. The molecule has 0 aliphatic rings. The lowest BCUT2D eigenvalue weighted by Crippen LogP contribution is -2.24. The largest absolute Gasteiger partial charge is 0.381 e. The number of rotatable bonds is 3. The van der Waals surface area contributed by atoms with E-state index in [2.05, 4.69) is 10.1 Å². The Balaban J connectivity index is 2.35. The van der Waals surface area contributed by atoms with Crippen molar-refractivity contribution in [2.75, 3.05) is 0 Å². The minimum Gasteiger partial charge on any atom is -0.381 e. The van der Waals surface area contributed by atoms with Crippen LogP contribution in [0.1, 0.15) is 18.6 Å². The van der Waals surface area contributed by atoms with Crippen LogP contribution in [0.5, 0.6) is 0 Å². The smallest absolute Gasteiger partial charge is 0.240 e. The van der Waals surface area contributed by atoms with Crippen LogP contribution in [-0.4, -0.2) is 30.7 Å². The summed E-state index contributed by atoms with van der Waals surface area (Å²) >= 11 is 0. The van der Waals surface area contributed by atoms with Crippen molar-refractivity contribution in [3.63, 3.8) is 0 Å². The van der Waals surface area contributed by atoms with Gasteiger partial charge in [-0.2, -0.15) is 5.10 Å². The summed E-state index contributed by atoms with van der Waals surface area (Å²) < 4.78 is 1.46. The summed E-state index contributed by atoms with van der Waals surface area (Å²) in [7, 11) is 0. The van der Waals surface area contributed by atoms with Gasteiger partial charge in [-0.3, -0.25) is 10.1 Å². The fraction of sp³-hybridized carbons (Fsp3) is 0.333. The van der Waals surface area contributed by atoms with Crippen LogP contribution in [0.4, 0.5) is 0 Å². The molecule has 0 amide bonds. The molecule has 7 heteroatoms. The van der Waals surface area contributed by atoms with Gasteiger partial charge in [0.25, 0.3) is 0 Å². The van der Waals surface area contributed by atoms with E-state index in [4.69, 9.17) is 0 Å². The van der Waals surface area contributed by atoms with Crippen molar-refractivity contribution < 1.29 is 10.0 Å². The van der Waals surface area contributed by atoms with Gasteiger partial charge in [0.05, 0.1) is 0 Å². The van der Waals surface area contributed by atoms with Crippen molar-refractivity contribution in [1.29, 1.82) is 0 Å². The molecule has 2 aromatic heterocycles. The van der Waals surface area contributed by atoms with Crippen molar-refractivity contribution >= 4 is 5.65 Å². The molecule has 2 atom stereocenters. The SMILES string of the molecule is C[C@@H]([C@H](O)c1ccc2ncnn2c1)[N+](=O)[O-]. The van der Waals surface area contributed by atoms with E-state index in [1.165, 1.54) is 24.0 Å². The van der Waals surface area contributed by atoms with E-state index >= 15 is 0 Å². The second kappa shape index (κ2) is 3.86. The Morgan fingerprint density at radius 2 is 2.31 bits per heavy atom. The Bertz CT molecular complexity index is 524. The number of nitro groups is 1. The van der Waals surface area contributed by atoms with Crippen LogP contribution >= 0.6 is 0 Å². The minimum atomic E-state index is -1.15. The zero-order valence-electron chi connectivity index (χ0n) is 8.52. The standard InChI is InChI=1S/C9H10N4O3/c1-6(13(15)16)9(14)7-2-3-8-10-5-11-12(8)4-7/h2-6,9,14H,1H3/t6-,9-/m0/s1. The molecule has 0 fully saturated rings. The van der Waals surface area contributed by atoms with Gasteiger partial charge in [0, 0.05) is 23.6 Å². The number of fused-ring (bicyclic) bond motifs is 1. The lowest BCUT2D eigenvalue weighted by molar-refractivity contribution is -0.531. The zero-order chi connectivity index (χ0) is 11.7. The Kier molecular flexibility index (Phi) is 2.53. The molecule has 2 heterocycles. The molecule has 0 spiro atoms. The summed E-state index contributed by atoms with van der Waals surface area (Å²) in [6.45, 7) is 1.36. The highest BCUT2D eigenvalue weighted by Gasteiger charge is 2.26. The molecule has 0 radical (unpaired) electrons. The molecule has 0 saturated carbocycles. The van der Waals surface area contributed by atoms with Crippen molar-refractivity contribution in [3.05, 3.63) is 40.3 Å². The zero-order valence-corrected chi connectivity index (χ0v) is 8.52. The topological polar surface area (TPSA) is 93.6 Å². The summed E-state index contributed by atoms with van der Waals surface area (Å²) in [4.78, 5) is 14.0. The Labute approximate surface area is 90.5 Å². The van der Waals surface area contributed by atoms with E-state index in [9.17, 15) is 15.2 Å². The Morgan fingerprint density at radius 3 is 3.00 bits per heavy atom. The molecule has 0 aromatic carbocycles. The summed E-state index contributed by atoms with van der Waals surface area (Å²) in [5.74, 6) is 0. The summed E-state index contributed by atoms with van der Waals surface area (Å²) in [5, 5.41) is 24.2. The van der Waals surface area contributed by atoms with Gasteiger partial charge >= 0.3 is 0 Å². The van der Waals surface area contributed by atoms with E-state index < -0.39 is 17.1 Å². The van der Waals surface area contributed by atoms with E-state index in [0.29, 0.717) is 11.2 Å². The van der Waals surface area contributed by atoms with Gasteiger partial charge in [-0.1, -0.05) is 6.07 Å². The third kappa shape index (κ3) is 1.72. The molecule has 1 N–H and O–H groups in total. The lowest BCUT2D eigenvalue weighted by atomic mass is 10.1. The first-order valence-corrected chi connectivity index (χ1v) is 4.70. The molecule has 0 unspecified atom stereocenters. The maximum Gasteiger partial charge on any atom is 0.240 e. The summed E-state index contributed by atoms with van der Waals surface area (Å²) in [6, 6.07) is 2.20. The van der Waals surface area contributed by atoms with Crippen LogP contribution < -0.4 is 0 Å². The maximum atomic E-state index is 10.5. The number of aliphatic hydroxyl groups excluding tert-OH is 1. The van der Waals surface area contributed by atoms with E-state index in [1.807, 2.05) is 0 Å². The molecular weight excluding hydrogens is 212 g/mol. The van der Waals surface area contributed by atoms with Crippen molar-refractivity contribution in [2.24, 2.45) is 0 Å². The van der Waals surface area contributed by atoms with Gasteiger partial charge in [0.2, 0.25) is 6.04 Å².